The van der Waals surface area contributed by atoms with E-state index in [1.165, 1.54) is 5.56 Å². The minimum absolute atomic E-state index is 0.0586. The summed E-state index contributed by atoms with van der Waals surface area (Å²) in [6.07, 6.45) is 1.99. The fraction of sp³-hybridized carbons (Fsp3) is 0.588. The molecule has 130 valence electrons. The van der Waals surface area contributed by atoms with E-state index in [2.05, 4.69) is 43.4 Å². The van der Waals surface area contributed by atoms with Crippen LogP contribution in [-0.4, -0.2) is 38.4 Å². The number of carbonyl (C=O) groups is 1. The molecule has 2 atom stereocenters. The number of hydrogen-bond acceptors (Lipinski definition) is 4. The van der Waals surface area contributed by atoms with E-state index in [9.17, 15) is 13.2 Å². The largest absolute Gasteiger partial charge is 0.352 e. The second-order valence-corrected chi connectivity index (χ2v) is 8.79. The first-order valence-electron chi connectivity index (χ1n) is 7.91. The van der Waals surface area contributed by atoms with Gasteiger partial charge in [0.1, 0.15) is 9.84 Å². The van der Waals surface area contributed by atoms with E-state index in [0.717, 1.165) is 11.8 Å². The molecule has 0 saturated heterocycles. The Hall–Kier alpha value is -1.40. The molecule has 0 aliphatic carbocycles. The molecule has 0 heterocycles. The molecule has 0 aliphatic rings. The summed E-state index contributed by atoms with van der Waals surface area (Å²) in [5, 5.41) is 2.84. The molecule has 0 bridgehead atoms. The normalized spacial score (nSPS) is 14.5. The zero-order valence-corrected chi connectivity index (χ0v) is 15.2. The fourth-order valence-corrected chi connectivity index (χ4v) is 2.95. The van der Waals surface area contributed by atoms with Gasteiger partial charge in [-0.1, -0.05) is 38.1 Å². The second-order valence-electron chi connectivity index (χ2n) is 6.54. The standard InChI is InChI=1S/C17H28N2O3S/c1-12(2)15-7-5-14(6-8-15)11-13(3)19-17(20)16(18)9-10-23(4,21)22/h5-8,12-13,16H,9-11,18H2,1-4H3,(H,19,20). The van der Waals surface area contributed by atoms with Gasteiger partial charge in [0.25, 0.3) is 0 Å². The number of rotatable bonds is 8. The number of nitrogens with one attached hydrogen (secondary N) is 1. The summed E-state index contributed by atoms with van der Waals surface area (Å²) < 4.78 is 22.2. The van der Waals surface area contributed by atoms with Gasteiger partial charge in [0.15, 0.2) is 0 Å². The number of sulfone groups is 1. The predicted octanol–water partition coefficient (Wildman–Crippen LogP) is 1.62. The third kappa shape index (κ3) is 7.61. The van der Waals surface area contributed by atoms with Crippen molar-refractivity contribution in [1.29, 1.82) is 0 Å². The van der Waals surface area contributed by atoms with E-state index in [4.69, 9.17) is 5.73 Å². The Labute approximate surface area is 139 Å². The molecule has 1 rings (SSSR count). The number of carbonyl (C=O) groups excluding carboxylic acids is 1. The van der Waals surface area contributed by atoms with Crippen LogP contribution < -0.4 is 11.1 Å². The van der Waals surface area contributed by atoms with Gasteiger partial charge in [-0.3, -0.25) is 4.79 Å². The first kappa shape index (κ1) is 19.6. The highest BCUT2D eigenvalue weighted by molar-refractivity contribution is 7.90. The molecule has 0 aliphatic heterocycles. The zero-order chi connectivity index (χ0) is 17.6. The van der Waals surface area contributed by atoms with Crippen molar-refractivity contribution in [2.45, 2.75) is 51.6 Å². The van der Waals surface area contributed by atoms with Crippen LogP contribution in [0.5, 0.6) is 0 Å². The Kier molecular flexibility index (Phi) is 7.22. The highest BCUT2D eigenvalue weighted by Crippen LogP contribution is 2.15. The lowest BCUT2D eigenvalue weighted by Gasteiger charge is -2.18. The van der Waals surface area contributed by atoms with Crippen molar-refractivity contribution in [3.8, 4) is 0 Å². The third-order valence-electron chi connectivity index (χ3n) is 3.71. The molecule has 1 aromatic carbocycles. The maximum absolute atomic E-state index is 12.0. The van der Waals surface area contributed by atoms with Crippen molar-refractivity contribution in [1.82, 2.24) is 5.32 Å². The summed E-state index contributed by atoms with van der Waals surface area (Å²) in [7, 11) is -3.10. The van der Waals surface area contributed by atoms with Gasteiger partial charge in [-0.2, -0.15) is 0 Å². The van der Waals surface area contributed by atoms with Crippen LogP contribution in [0.3, 0.4) is 0 Å². The topological polar surface area (TPSA) is 89.3 Å². The van der Waals surface area contributed by atoms with Gasteiger partial charge in [-0.15, -0.1) is 0 Å². The van der Waals surface area contributed by atoms with Gasteiger partial charge in [-0.05, 0) is 36.8 Å². The zero-order valence-electron chi connectivity index (χ0n) is 14.4. The highest BCUT2D eigenvalue weighted by atomic mass is 32.2. The van der Waals surface area contributed by atoms with Gasteiger partial charge >= 0.3 is 0 Å². The van der Waals surface area contributed by atoms with Crippen LogP contribution in [0.1, 0.15) is 44.2 Å². The number of hydrogen-bond donors (Lipinski definition) is 2. The van der Waals surface area contributed by atoms with Crippen LogP contribution in [0.2, 0.25) is 0 Å². The predicted molar refractivity (Wildman–Crippen MR) is 94.1 cm³/mol. The second kappa shape index (κ2) is 8.45. The fourth-order valence-electron chi connectivity index (χ4n) is 2.27. The van der Waals surface area contributed by atoms with Crippen molar-refractivity contribution in [2.24, 2.45) is 5.73 Å². The maximum Gasteiger partial charge on any atom is 0.237 e. The van der Waals surface area contributed by atoms with Gasteiger partial charge in [0, 0.05) is 12.3 Å². The molecular weight excluding hydrogens is 312 g/mol. The lowest BCUT2D eigenvalue weighted by Crippen LogP contribution is -2.45. The molecule has 0 radical (unpaired) electrons. The van der Waals surface area contributed by atoms with Crippen LogP contribution in [0.25, 0.3) is 0 Å². The lowest BCUT2D eigenvalue weighted by atomic mass is 9.99. The molecule has 0 aromatic heterocycles. The maximum atomic E-state index is 12.0. The first-order valence-corrected chi connectivity index (χ1v) is 9.97. The number of nitrogens with two attached hydrogens (primary N) is 1. The Morgan fingerprint density at radius 3 is 2.22 bits per heavy atom. The third-order valence-corrected chi connectivity index (χ3v) is 4.69. The Balaban J connectivity index is 2.48. The molecule has 2 unspecified atom stereocenters. The Morgan fingerprint density at radius 1 is 1.17 bits per heavy atom. The molecule has 1 aromatic rings. The van der Waals surface area contributed by atoms with Crippen LogP contribution >= 0.6 is 0 Å². The minimum atomic E-state index is -3.10. The van der Waals surface area contributed by atoms with Crippen molar-refractivity contribution in [3.05, 3.63) is 35.4 Å². The number of amides is 1. The average molecular weight is 340 g/mol. The summed E-state index contributed by atoms with van der Waals surface area (Å²) in [4.78, 5) is 12.0. The summed E-state index contributed by atoms with van der Waals surface area (Å²) in [5.41, 5.74) is 8.17. The van der Waals surface area contributed by atoms with Crippen LogP contribution in [-0.2, 0) is 21.1 Å². The van der Waals surface area contributed by atoms with Crippen molar-refractivity contribution < 1.29 is 13.2 Å². The van der Waals surface area contributed by atoms with E-state index in [1.807, 2.05) is 6.92 Å². The van der Waals surface area contributed by atoms with Crippen molar-refractivity contribution in [3.63, 3.8) is 0 Å². The molecule has 0 spiro atoms. The van der Waals surface area contributed by atoms with Crippen LogP contribution in [0, 0.1) is 0 Å². The summed E-state index contributed by atoms with van der Waals surface area (Å²) in [6.45, 7) is 6.21. The quantitative estimate of drug-likeness (QED) is 0.752. The van der Waals surface area contributed by atoms with E-state index < -0.39 is 15.9 Å². The summed E-state index contributed by atoms with van der Waals surface area (Å²) in [6, 6.07) is 7.49. The average Bonchev–Trinajstić information content (AvgIpc) is 2.44. The summed E-state index contributed by atoms with van der Waals surface area (Å²) in [5.74, 6) is 0.112. The highest BCUT2D eigenvalue weighted by Gasteiger charge is 2.17. The SMILES string of the molecule is CC(Cc1ccc(C(C)C)cc1)NC(=O)C(N)CCS(C)(=O)=O. The van der Waals surface area contributed by atoms with E-state index in [0.29, 0.717) is 12.3 Å². The van der Waals surface area contributed by atoms with Crippen LogP contribution in [0.4, 0.5) is 0 Å². The van der Waals surface area contributed by atoms with Crippen molar-refractivity contribution >= 4 is 15.7 Å². The van der Waals surface area contributed by atoms with Gasteiger partial charge < -0.3 is 11.1 Å². The smallest absolute Gasteiger partial charge is 0.237 e. The molecule has 3 N–H and O–H groups in total. The van der Waals surface area contributed by atoms with Gasteiger partial charge in [0.05, 0.1) is 11.8 Å². The van der Waals surface area contributed by atoms with Gasteiger partial charge in [0.2, 0.25) is 5.91 Å². The van der Waals surface area contributed by atoms with Crippen LogP contribution in [0.15, 0.2) is 24.3 Å². The molecule has 0 saturated carbocycles. The Bertz CT molecular complexity index is 609. The van der Waals surface area contributed by atoms with E-state index in [1.54, 1.807) is 0 Å². The summed E-state index contributed by atoms with van der Waals surface area (Å²) >= 11 is 0. The molecule has 5 nitrogen and oxygen atoms in total. The lowest BCUT2D eigenvalue weighted by molar-refractivity contribution is -0.122. The molecule has 23 heavy (non-hydrogen) atoms. The van der Waals surface area contributed by atoms with Crippen molar-refractivity contribution in [2.75, 3.05) is 12.0 Å². The van der Waals surface area contributed by atoms with E-state index in [-0.39, 0.29) is 24.1 Å². The molecule has 0 fully saturated rings. The van der Waals surface area contributed by atoms with E-state index >= 15 is 0 Å². The monoisotopic (exact) mass is 340 g/mol. The Morgan fingerprint density at radius 2 is 1.74 bits per heavy atom. The molecule has 6 heteroatoms. The molecule has 1 amide bonds. The first-order chi connectivity index (χ1) is 10.6. The number of benzene rings is 1. The molecular formula is C17H28N2O3S. The van der Waals surface area contributed by atoms with Gasteiger partial charge in [-0.25, -0.2) is 8.42 Å². The minimum Gasteiger partial charge on any atom is -0.352 e.